The van der Waals surface area contributed by atoms with E-state index in [4.69, 9.17) is 9.47 Å². The molecule has 162 valence electrons. The molecule has 0 fully saturated rings. The summed E-state index contributed by atoms with van der Waals surface area (Å²) in [6, 6.07) is 7.62. The lowest BCUT2D eigenvalue weighted by molar-refractivity contribution is -0.153. The molecule has 0 saturated heterocycles. The minimum Gasteiger partial charge on any atom is -0.453 e. The van der Waals surface area contributed by atoms with Crippen LogP contribution in [0.3, 0.4) is 0 Å². The molecule has 0 radical (unpaired) electrons. The van der Waals surface area contributed by atoms with Crippen LogP contribution in [0.5, 0.6) is 0 Å². The lowest BCUT2D eigenvalue weighted by Crippen LogP contribution is -2.33. The average molecular weight is 407 g/mol. The molecule has 1 rings (SSSR count). The van der Waals surface area contributed by atoms with Crippen molar-refractivity contribution in [2.75, 3.05) is 11.9 Å². The molecule has 0 saturated carbocycles. The zero-order valence-electron chi connectivity index (χ0n) is 18.3. The van der Waals surface area contributed by atoms with Gasteiger partial charge in [0.1, 0.15) is 5.60 Å². The van der Waals surface area contributed by atoms with Crippen molar-refractivity contribution in [3.63, 3.8) is 0 Å². The largest absolute Gasteiger partial charge is 0.453 e. The third-order valence-electron chi connectivity index (χ3n) is 4.27. The summed E-state index contributed by atoms with van der Waals surface area (Å²) in [6.07, 6.45) is -0.000541. The van der Waals surface area contributed by atoms with Gasteiger partial charge in [-0.25, -0.2) is 4.79 Å². The number of hydrogen-bond acceptors (Lipinski definition) is 5. The summed E-state index contributed by atoms with van der Waals surface area (Å²) < 4.78 is 10.3. The van der Waals surface area contributed by atoms with Gasteiger partial charge < -0.3 is 20.1 Å². The number of rotatable bonds is 9. The van der Waals surface area contributed by atoms with Gasteiger partial charge in [0.2, 0.25) is 0 Å². The van der Waals surface area contributed by atoms with Crippen molar-refractivity contribution >= 4 is 23.7 Å². The second-order valence-electron chi connectivity index (χ2n) is 8.05. The first-order valence-electron chi connectivity index (χ1n) is 10.1. The van der Waals surface area contributed by atoms with Crippen molar-refractivity contribution in [2.45, 2.75) is 78.4 Å². The van der Waals surface area contributed by atoms with E-state index in [-0.39, 0.29) is 18.9 Å². The van der Waals surface area contributed by atoms with E-state index in [0.717, 1.165) is 17.7 Å². The van der Waals surface area contributed by atoms with Crippen LogP contribution in [0.2, 0.25) is 0 Å². The van der Waals surface area contributed by atoms with E-state index in [1.165, 1.54) is 6.92 Å². The third-order valence-corrected chi connectivity index (χ3v) is 4.27. The van der Waals surface area contributed by atoms with Gasteiger partial charge in [0.05, 0.1) is 0 Å². The Balaban J connectivity index is 2.42. The van der Waals surface area contributed by atoms with Crippen molar-refractivity contribution in [3.05, 3.63) is 29.8 Å². The maximum atomic E-state index is 12.4. The first-order valence-corrected chi connectivity index (χ1v) is 10.1. The van der Waals surface area contributed by atoms with Gasteiger partial charge in [-0.1, -0.05) is 32.0 Å². The summed E-state index contributed by atoms with van der Waals surface area (Å²) in [4.78, 5) is 35.9. The zero-order chi connectivity index (χ0) is 22.0. The minimum atomic E-state index is -0.911. The number of ether oxygens (including phenoxy) is 2. The Hall–Kier alpha value is -2.57. The van der Waals surface area contributed by atoms with Crippen molar-refractivity contribution < 1.29 is 23.9 Å². The summed E-state index contributed by atoms with van der Waals surface area (Å²) in [5.41, 5.74) is 1.21. The molecule has 2 N–H and O–H groups in total. The summed E-state index contributed by atoms with van der Waals surface area (Å²) in [7, 11) is 0. The van der Waals surface area contributed by atoms with Crippen LogP contribution in [0.25, 0.3) is 0 Å². The molecule has 0 spiro atoms. The van der Waals surface area contributed by atoms with Crippen molar-refractivity contribution in [2.24, 2.45) is 0 Å². The van der Waals surface area contributed by atoms with Crippen molar-refractivity contribution in [1.82, 2.24) is 5.32 Å². The van der Waals surface area contributed by atoms with Crippen LogP contribution in [0.4, 0.5) is 10.5 Å². The molecule has 0 bridgehead atoms. The van der Waals surface area contributed by atoms with E-state index in [2.05, 4.69) is 24.5 Å². The molecule has 1 aromatic rings. The minimum absolute atomic E-state index is 0.0941. The lowest BCUT2D eigenvalue weighted by Gasteiger charge is -2.19. The number of esters is 1. The van der Waals surface area contributed by atoms with E-state index in [9.17, 15) is 14.4 Å². The van der Waals surface area contributed by atoms with Gasteiger partial charge in [0.15, 0.2) is 6.10 Å². The van der Waals surface area contributed by atoms with Gasteiger partial charge >= 0.3 is 12.1 Å². The van der Waals surface area contributed by atoms with Crippen LogP contribution >= 0.6 is 0 Å². The number of amides is 2. The Labute approximate surface area is 173 Å². The lowest BCUT2D eigenvalue weighted by atomic mass is 9.97. The van der Waals surface area contributed by atoms with E-state index >= 15 is 0 Å². The number of hydrogen-bond donors (Lipinski definition) is 2. The standard InChI is InChI=1S/C22H34N2O5/c1-7-15(2)17-11-8-9-12-18(17)24-20(26)16(3)28-19(25)13-10-14-23-21(27)29-22(4,5)6/h8-9,11-12,15-16H,7,10,13-14H2,1-6H3,(H,23,27)(H,24,26)/t15-,16-/m0/s1. The molecule has 2 atom stereocenters. The molecule has 0 aliphatic heterocycles. The fourth-order valence-electron chi connectivity index (χ4n) is 2.54. The molecule has 7 heteroatoms. The number of carbonyl (C=O) groups excluding carboxylic acids is 3. The molecule has 0 unspecified atom stereocenters. The van der Waals surface area contributed by atoms with Crippen LogP contribution in [-0.2, 0) is 19.1 Å². The highest BCUT2D eigenvalue weighted by Crippen LogP contribution is 2.26. The molecule has 2 amide bonds. The summed E-state index contributed by atoms with van der Waals surface area (Å²) in [5, 5.41) is 5.42. The fraction of sp³-hybridized carbons (Fsp3) is 0.591. The van der Waals surface area contributed by atoms with Gasteiger partial charge in [-0.15, -0.1) is 0 Å². The second-order valence-corrected chi connectivity index (χ2v) is 8.05. The number of alkyl carbamates (subject to hydrolysis) is 1. The Morgan fingerprint density at radius 3 is 2.38 bits per heavy atom. The number of benzene rings is 1. The van der Waals surface area contributed by atoms with Crippen molar-refractivity contribution in [3.8, 4) is 0 Å². The molecular formula is C22H34N2O5. The predicted octanol–water partition coefficient (Wildman–Crippen LogP) is 4.38. The normalized spacial score (nSPS) is 13.2. The van der Waals surface area contributed by atoms with Crippen LogP contribution in [0.1, 0.15) is 72.3 Å². The Kier molecular flexibility index (Phi) is 9.65. The van der Waals surface area contributed by atoms with E-state index in [1.54, 1.807) is 20.8 Å². The predicted molar refractivity (Wildman–Crippen MR) is 113 cm³/mol. The van der Waals surface area contributed by atoms with Crippen LogP contribution in [0, 0.1) is 0 Å². The van der Waals surface area contributed by atoms with Gasteiger partial charge in [-0.3, -0.25) is 9.59 Å². The molecule has 29 heavy (non-hydrogen) atoms. The SMILES string of the molecule is CC[C@H](C)c1ccccc1NC(=O)[C@H](C)OC(=O)CCCNC(=O)OC(C)(C)C. The summed E-state index contributed by atoms with van der Waals surface area (Å²) >= 11 is 0. The number of anilines is 1. The Morgan fingerprint density at radius 1 is 1.10 bits per heavy atom. The zero-order valence-corrected chi connectivity index (χ0v) is 18.3. The first-order chi connectivity index (χ1) is 13.5. The monoisotopic (exact) mass is 406 g/mol. The fourth-order valence-corrected chi connectivity index (χ4v) is 2.54. The quantitative estimate of drug-likeness (QED) is 0.469. The van der Waals surface area contributed by atoms with Gasteiger partial charge in [-0.2, -0.15) is 0 Å². The molecule has 0 aromatic heterocycles. The maximum absolute atomic E-state index is 12.4. The summed E-state index contributed by atoms with van der Waals surface area (Å²) in [6.45, 7) is 11.3. The van der Waals surface area contributed by atoms with Crippen LogP contribution in [-0.4, -0.2) is 36.2 Å². The molecule has 0 heterocycles. The van der Waals surface area contributed by atoms with Crippen LogP contribution < -0.4 is 10.6 Å². The van der Waals surface area contributed by atoms with Crippen LogP contribution in [0.15, 0.2) is 24.3 Å². The number of para-hydroxylation sites is 1. The molecule has 7 nitrogen and oxygen atoms in total. The Morgan fingerprint density at radius 2 is 1.76 bits per heavy atom. The van der Waals surface area contributed by atoms with Crippen molar-refractivity contribution in [1.29, 1.82) is 0 Å². The second kappa shape index (κ2) is 11.4. The van der Waals surface area contributed by atoms with Gasteiger partial charge in [0, 0.05) is 18.7 Å². The highest BCUT2D eigenvalue weighted by atomic mass is 16.6. The summed E-state index contributed by atoms with van der Waals surface area (Å²) in [5.74, 6) is -0.559. The number of carbonyl (C=O) groups is 3. The highest BCUT2D eigenvalue weighted by molar-refractivity contribution is 5.95. The molecule has 1 aromatic carbocycles. The smallest absolute Gasteiger partial charge is 0.407 e. The highest BCUT2D eigenvalue weighted by Gasteiger charge is 2.20. The van der Waals surface area contributed by atoms with E-state index in [1.807, 2.05) is 24.3 Å². The molecular weight excluding hydrogens is 372 g/mol. The first kappa shape index (κ1) is 24.5. The number of nitrogens with one attached hydrogen (secondary N) is 2. The van der Waals surface area contributed by atoms with E-state index < -0.39 is 23.8 Å². The van der Waals surface area contributed by atoms with Gasteiger partial charge in [0.25, 0.3) is 5.91 Å². The van der Waals surface area contributed by atoms with Gasteiger partial charge in [-0.05, 0) is 58.1 Å². The maximum Gasteiger partial charge on any atom is 0.407 e. The van der Waals surface area contributed by atoms with E-state index in [0.29, 0.717) is 12.3 Å². The Bertz CT molecular complexity index is 697. The third kappa shape index (κ3) is 9.45. The molecule has 0 aliphatic carbocycles. The topological polar surface area (TPSA) is 93.7 Å². The average Bonchev–Trinajstić information content (AvgIpc) is 2.63. The molecule has 0 aliphatic rings.